The van der Waals surface area contributed by atoms with Gasteiger partial charge in [0.25, 0.3) is 0 Å². The molecule has 25 heavy (non-hydrogen) atoms. The van der Waals surface area contributed by atoms with Gasteiger partial charge in [-0.1, -0.05) is 6.07 Å². The number of aromatic nitrogens is 1. The zero-order chi connectivity index (χ0) is 17.8. The second-order valence-electron chi connectivity index (χ2n) is 6.00. The number of pyridine rings is 1. The van der Waals surface area contributed by atoms with Crippen LogP contribution in [0, 0.1) is 11.6 Å². The summed E-state index contributed by atoms with van der Waals surface area (Å²) in [5.74, 6) is -0.927. The van der Waals surface area contributed by atoms with Crippen LogP contribution in [-0.4, -0.2) is 42.1 Å². The molecule has 132 valence electrons. The van der Waals surface area contributed by atoms with Crippen molar-refractivity contribution in [1.29, 1.82) is 0 Å². The summed E-state index contributed by atoms with van der Waals surface area (Å²) in [7, 11) is 0. The van der Waals surface area contributed by atoms with Crippen molar-refractivity contribution in [3.63, 3.8) is 0 Å². The average Bonchev–Trinajstić information content (AvgIpc) is 2.64. The predicted molar refractivity (Wildman–Crippen MR) is 91.3 cm³/mol. The van der Waals surface area contributed by atoms with E-state index in [0.29, 0.717) is 26.2 Å². The fraction of sp³-hybridized carbons (Fsp3) is 0.333. The van der Waals surface area contributed by atoms with Crippen LogP contribution < -0.4 is 10.2 Å². The summed E-state index contributed by atoms with van der Waals surface area (Å²) in [6.45, 7) is 3.66. The van der Waals surface area contributed by atoms with Crippen molar-refractivity contribution in [1.82, 2.24) is 15.2 Å². The predicted octanol–water partition coefficient (Wildman–Crippen LogP) is 2.95. The van der Waals surface area contributed by atoms with Gasteiger partial charge in [-0.15, -0.1) is 0 Å². The van der Waals surface area contributed by atoms with Gasteiger partial charge in [0.1, 0.15) is 11.6 Å². The summed E-state index contributed by atoms with van der Waals surface area (Å²) in [5, 5.41) is 2.91. The first-order chi connectivity index (χ1) is 12.0. The minimum atomic E-state index is -0.472. The van der Waals surface area contributed by atoms with Crippen LogP contribution in [0.5, 0.6) is 0 Å². The van der Waals surface area contributed by atoms with Gasteiger partial charge in [0.2, 0.25) is 0 Å². The largest absolute Gasteiger partial charge is 0.366 e. The van der Waals surface area contributed by atoms with Crippen LogP contribution in [-0.2, 0) is 0 Å². The van der Waals surface area contributed by atoms with E-state index in [1.165, 1.54) is 6.07 Å². The first-order valence-electron chi connectivity index (χ1n) is 8.21. The molecule has 1 aromatic heterocycles. The summed E-state index contributed by atoms with van der Waals surface area (Å²) in [4.78, 5) is 20.0. The van der Waals surface area contributed by atoms with Crippen LogP contribution in [0.1, 0.15) is 18.7 Å². The third kappa shape index (κ3) is 4.04. The molecule has 1 aliphatic heterocycles. The summed E-state index contributed by atoms with van der Waals surface area (Å²) in [6.07, 6.45) is 1.68. The molecule has 2 aromatic rings. The number of anilines is 1. The van der Waals surface area contributed by atoms with Gasteiger partial charge in [-0.2, -0.15) is 0 Å². The van der Waals surface area contributed by atoms with E-state index in [2.05, 4.69) is 10.3 Å². The van der Waals surface area contributed by atoms with Gasteiger partial charge in [-0.05, 0) is 31.2 Å². The van der Waals surface area contributed by atoms with Gasteiger partial charge in [0, 0.05) is 38.4 Å². The van der Waals surface area contributed by atoms with E-state index in [1.54, 1.807) is 16.0 Å². The van der Waals surface area contributed by atoms with Gasteiger partial charge in [-0.3, -0.25) is 4.98 Å². The molecule has 0 aliphatic carbocycles. The monoisotopic (exact) mass is 346 g/mol. The van der Waals surface area contributed by atoms with E-state index < -0.39 is 11.6 Å². The molecule has 0 saturated carbocycles. The number of hydrogen-bond acceptors (Lipinski definition) is 3. The van der Waals surface area contributed by atoms with E-state index in [0.717, 1.165) is 17.8 Å². The minimum absolute atomic E-state index is 0.183. The molecule has 1 aliphatic rings. The van der Waals surface area contributed by atoms with Crippen molar-refractivity contribution in [3.8, 4) is 0 Å². The number of carbonyl (C=O) groups is 1. The normalized spacial score (nSPS) is 15.8. The Bertz CT molecular complexity index is 733. The van der Waals surface area contributed by atoms with Crippen LogP contribution in [0.2, 0.25) is 0 Å². The van der Waals surface area contributed by atoms with Crippen LogP contribution in [0.4, 0.5) is 19.3 Å². The maximum atomic E-state index is 13.9. The highest BCUT2D eigenvalue weighted by molar-refractivity contribution is 5.75. The molecule has 0 spiro atoms. The number of amides is 2. The molecule has 7 heteroatoms. The van der Waals surface area contributed by atoms with Gasteiger partial charge >= 0.3 is 6.03 Å². The highest BCUT2D eigenvalue weighted by atomic mass is 19.1. The molecule has 0 bridgehead atoms. The van der Waals surface area contributed by atoms with Gasteiger partial charge in [-0.25, -0.2) is 13.6 Å². The van der Waals surface area contributed by atoms with Gasteiger partial charge < -0.3 is 15.1 Å². The Morgan fingerprint density at radius 1 is 1.16 bits per heavy atom. The number of urea groups is 1. The van der Waals surface area contributed by atoms with E-state index in [9.17, 15) is 13.6 Å². The minimum Gasteiger partial charge on any atom is -0.366 e. The second-order valence-corrected chi connectivity index (χ2v) is 6.00. The molecule has 1 N–H and O–H groups in total. The van der Waals surface area contributed by atoms with Crippen molar-refractivity contribution in [3.05, 3.63) is 59.9 Å². The number of halogens is 2. The lowest BCUT2D eigenvalue weighted by Crippen LogP contribution is -2.52. The number of rotatable bonds is 3. The quantitative estimate of drug-likeness (QED) is 0.930. The summed E-state index contributed by atoms with van der Waals surface area (Å²) >= 11 is 0. The van der Waals surface area contributed by atoms with E-state index >= 15 is 0 Å². The van der Waals surface area contributed by atoms with Crippen LogP contribution in [0.3, 0.4) is 0 Å². The molecule has 5 nitrogen and oxygen atoms in total. The molecule has 3 rings (SSSR count). The molecule has 2 amide bonds. The Morgan fingerprint density at radius 3 is 2.60 bits per heavy atom. The second kappa shape index (κ2) is 7.46. The van der Waals surface area contributed by atoms with Crippen LogP contribution >= 0.6 is 0 Å². The number of carbonyl (C=O) groups excluding carboxylic acids is 1. The Kier molecular flexibility index (Phi) is 5.11. The third-order valence-electron chi connectivity index (χ3n) is 4.29. The van der Waals surface area contributed by atoms with Crippen molar-refractivity contribution in [2.24, 2.45) is 0 Å². The molecular weight excluding hydrogens is 326 g/mol. The SMILES string of the molecule is C[C@@H](NC(=O)N1CCN(c2cc(F)ccc2F)CC1)c1ccccn1. The van der Waals surface area contributed by atoms with Crippen molar-refractivity contribution >= 4 is 11.7 Å². The van der Waals surface area contributed by atoms with Gasteiger partial charge in [0.15, 0.2) is 0 Å². The lowest BCUT2D eigenvalue weighted by molar-refractivity contribution is 0.191. The zero-order valence-corrected chi connectivity index (χ0v) is 14.0. The molecule has 2 heterocycles. The summed E-state index contributed by atoms with van der Waals surface area (Å²) in [6, 6.07) is 8.58. The Labute approximate surface area is 145 Å². The molecule has 1 fully saturated rings. The maximum Gasteiger partial charge on any atom is 0.318 e. The van der Waals surface area contributed by atoms with E-state index in [-0.39, 0.29) is 17.8 Å². The Morgan fingerprint density at radius 2 is 1.92 bits per heavy atom. The Balaban J connectivity index is 1.57. The third-order valence-corrected chi connectivity index (χ3v) is 4.29. The fourth-order valence-electron chi connectivity index (χ4n) is 2.86. The van der Waals surface area contributed by atoms with Crippen molar-refractivity contribution < 1.29 is 13.6 Å². The highest BCUT2D eigenvalue weighted by Crippen LogP contribution is 2.22. The van der Waals surface area contributed by atoms with Crippen LogP contribution in [0.15, 0.2) is 42.6 Å². The lowest BCUT2D eigenvalue weighted by Gasteiger charge is -2.36. The molecule has 0 unspecified atom stereocenters. The average molecular weight is 346 g/mol. The maximum absolute atomic E-state index is 13.9. The van der Waals surface area contributed by atoms with E-state index in [4.69, 9.17) is 0 Å². The standard InChI is InChI=1S/C18H20F2N4O/c1-13(16-4-2-3-7-21-16)22-18(25)24-10-8-23(9-11-24)17-12-14(19)5-6-15(17)20/h2-7,12-13H,8-11H2,1H3,(H,22,25)/t13-/m1/s1. The zero-order valence-electron chi connectivity index (χ0n) is 14.0. The van der Waals surface area contributed by atoms with Gasteiger partial charge in [0.05, 0.1) is 17.4 Å². The van der Waals surface area contributed by atoms with Crippen LogP contribution in [0.25, 0.3) is 0 Å². The first-order valence-corrected chi connectivity index (χ1v) is 8.21. The Hall–Kier alpha value is -2.70. The molecule has 0 radical (unpaired) electrons. The fourth-order valence-corrected chi connectivity index (χ4v) is 2.86. The summed E-state index contributed by atoms with van der Waals surface area (Å²) in [5.41, 5.74) is 1.03. The highest BCUT2D eigenvalue weighted by Gasteiger charge is 2.24. The molecule has 1 atom stereocenters. The summed E-state index contributed by atoms with van der Waals surface area (Å²) < 4.78 is 27.2. The topological polar surface area (TPSA) is 48.5 Å². The van der Waals surface area contributed by atoms with E-state index in [1.807, 2.05) is 25.1 Å². The number of benzene rings is 1. The molecule has 1 aromatic carbocycles. The molecule has 1 saturated heterocycles. The number of nitrogens with one attached hydrogen (secondary N) is 1. The molecular formula is C18H20F2N4O. The first kappa shape index (κ1) is 17.1. The van der Waals surface area contributed by atoms with Crippen molar-refractivity contribution in [2.75, 3.05) is 31.1 Å². The number of nitrogens with zero attached hydrogens (tertiary/aromatic N) is 3. The smallest absolute Gasteiger partial charge is 0.318 e. The number of piperazine rings is 1. The number of hydrogen-bond donors (Lipinski definition) is 1. The lowest BCUT2D eigenvalue weighted by atomic mass is 10.2. The van der Waals surface area contributed by atoms with Crippen molar-refractivity contribution in [2.45, 2.75) is 13.0 Å².